The second-order valence-electron chi connectivity index (χ2n) is 4.71. The van der Waals surface area contributed by atoms with Crippen LogP contribution in [0.4, 0.5) is 0 Å². The van der Waals surface area contributed by atoms with Crippen molar-refractivity contribution in [2.45, 2.75) is 12.6 Å². The fourth-order valence-electron chi connectivity index (χ4n) is 2.53. The van der Waals surface area contributed by atoms with Gasteiger partial charge in [0.15, 0.2) is 4.47 Å². The molecule has 1 N–H and O–H groups in total. The molecule has 94 valence electrons. The normalized spacial score (nSPS) is 23.8. The highest BCUT2D eigenvalue weighted by atomic mass is 35.5. The summed E-state index contributed by atoms with van der Waals surface area (Å²) < 4.78 is 0.652. The number of halogens is 1. The van der Waals surface area contributed by atoms with Gasteiger partial charge in [-0.3, -0.25) is 9.80 Å². The summed E-state index contributed by atoms with van der Waals surface area (Å²) in [7, 11) is 0. The highest BCUT2D eigenvalue weighted by molar-refractivity contribution is 7.15. The van der Waals surface area contributed by atoms with Crippen LogP contribution in [0.3, 0.4) is 0 Å². The summed E-state index contributed by atoms with van der Waals surface area (Å²) in [5.41, 5.74) is 0. The number of aromatic nitrogens is 1. The first-order chi connectivity index (χ1) is 8.31. The van der Waals surface area contributed by atoms with Crippen LogP contribution in [0.5, 0.6) is 0 Å². The quantitative estimate of drug-likeness (QED) is 0.886. The summed E-state index contributed by atoms with van der Waals surface area (Å²) in [6, 6.07) is 0.764. The zero-order valence-electron chi connectivity index (χ0n) is 9.73. The van der Waals surface area contributed by atoms with Gasteiger partial charge in [0, 0.05) is 62.9 Å². The third-order valence-corrected chi connectivity index (χ3v) is 4.61. The maximum Gasteiger partial charge on any atom is 0.183 e. The van der Waals surface area contributed by atoms with Crippen molar-refractivity contribution in [1.29, 1.82) is 0 Å². The number of thiazole rings is 1. The fourth-order valence-corrected chi connectivity index (χ4v) is 3.55. The summed E-state index contributed by atoms with van der Waals surface area (Å²) in [6.07, 6.45) is 1.89. The van der Waals surface area contributed by atoms with Gasteiger partial charge in [0.1, 0.15) is 0 Å². The van der Waals surface area contributed by atoms with E-state index in [1.807, 2.05) is 6.20 Å². The Bertz CT molecular complexity index is 371. The number of hydrogen-bond donors (Lipinski definition) is 1. The molecule has 2 aliphatic rings. The minimum Gasteiger partial charge on any atom is -0.314 e. The molecule has 2 fully saturated rings. The van der Waals surface area contributed by atoms with Gasteiger partial charge in [0.25, 0.3) is 0 Å². The summed E-state index contributed by atoms with van der Waals surface area (Å²) in [6.45, 7) is 8.07. The van der Waals surface area contributed by atoms with Crippen LogP contribution in [0, 0.1) is 0 Å². The predicted octanol–water partition coefficient (Wildman–Crippen LogP) is 0.886. The molecule has 0 atom stereocenters. The lowest BCUT2D eigenvalue weighted by molar-refractivity contribution is 0.0229. The lowest BCUT2D eigenvalue weighted by atomic mass is 10.1. The van der Waals surface area contributed by atoms with E-state index >= 15 is 0 Å². The van der Waals surface area contributed by atoms with Crippen molar-refractivity contribution in [3.05, 3.63) is 15.5 Å². The largest absolute Gasteiger partial charge is 0.314 e. The van der Waals surface area contributed by atoms with E-state index < -0.39 is 0 Å². The standard InChI is InChI=1S/C11H17ClN4S/c12-11-14-5-10(17-11)8-15-6-9(7-15)16-3-1-13-2-4-16/h5,9,13H,1-4,6-8H2. The maximum atomic E-state index is 5.83. The van der Waals surface area contributed by atoms with Crippen molar-refractivity contribution >= 4 is 22.9 Å². The van der Waals surface area contributed by atoms with Crippen LogP contribution in [0.25, 0.3) is 0 Å². The number of nitrogens with one attached hydrogen (secondary N) is 1. The summed E-state index contributed by atoms with van der Waals surface area (Å²) >= 11 is 7.42. The predicted molar refractivity (Wildman–Crippen MR) is 70.6 cm³/mol. The fraction of sp³-hybridized carbons (Fsp3) is 0.727. The minimum atomic E-state index is 0.652. The number of nitrogens with zero attached hydrogens (tertiary/aromatic N) is 3. The van der Waals surface area contributed by atoms with E-state index in [0.29, 0.717) is 4.47 Å². The van der Waals surface area contributed by atoms with Gasteiger partial charge in [-0.1, -0.05) is 11.6 Å². The summed E-state index contributed by atoms with van der Waals surface area (Å²) in [5.74, 6) is 0. The lowest BCUT2D eigenvalue weighted by Gasteiger charge is -2.46. The van der Waals surface area contributed by atoms with E-state index in [-0.39, 0.29) is 0 Å². The monoisotopic (exact) mass is 272 g/mol. The Labute approximate surface area is 111 Å². The number of rotatable bonds is 3. The molecular weight excluding hydrogens is 256 g/mol. The molecule has 0 aromatic carbocycles. The second kappa shape index (κ2) is 5.20. The van der Waals surface area contributed by atoms with Crippen molar-refractivity contribution in [3.63, 3.8) is 0 Å². The molecule has 2 saturated heterocycles. The molecule has 2 aliphatic heterocycles. The van der Waals surface area contributed by atoms with Crippen molar-refractivity contribution in [3.8, 4) is 0 Å². The molecule has 1 aromatic heterocycles. The Morgan fingerprint density at radius 2 is 2.18 bits per heavy atom. The van der Waals surface area contributed by atoms with Gasteiger partial charge < -0.3 is 5.32 Å². The molecule has 0 saturated carbocycles. The third kappa shape index (κ3) is 2.80. The van der Waals surface area contributed by atoms with Gasteiger partial charge in [-0.2, -0.15) is 0 Å². The van der Waals surface area contributed by atoms with E-state index in [0.717, 1.165) is 25.7 Å². The molecule has 0 unspecified atom stereocenters. The molecule has 0 radical (unpaired) electrons. The average molecular weight is 273 g/mol. The van der Waals surface area contributed by atoms with E-state index in [2.05, 4.69) is 20.1 Å². The molecule has 0 bridgehead atoms. The van der Waals surface area contributed by atoms with Crippen LogP contribution in [0.15, 0.2) is 6.20 Å². The van der Waals surface area contributed by atoms with Crippen LogP contribution in [0.1, 0.15) is 4.88 Å². The van der Waals surface area contributed by atoms with Crippen LogP contribution in [-0.4, -0.2) is 60.1 Å². The first-order valence-corrected chi connectivity index (χ1v) is 7.28. The zero-order valence-corrected chi connectivity index (χ0v) is 11.3. The average Bonchev–Trinajstić information content (AvgIpc) is 2.70. The Morgan fingerprint density at radius 3 is 2.82 bits per heavy atom. The van der Waals surface area contributed by atoms with Crippen molar-refractivity contribution < 1.29 is 0 Å². The van der Waals surface area contributed by atoms with Crippen LogP contribution >= 0.6 is 22.9 Å². The Morgan fingerprint density at radius 1 is 1.41 bits per heavy atom. The molecule has 6 heteroatoms. The van der Waals surface area contributed by atoms with E-state index in [9.17, 15) is 0 Å². The highest BCUT2D eigenvalue weighted by Gasteiger charge is 2.32. The second-order valence-corrected chi connectivity index (χ2v) is 6.41. The van der Waals surface area contributed by atoms with E-state index in [1.165, 1.54) is 31.1 Å². The number of likely N-dealkylation sites (tertiary alicyclic amines) is 1. The van der Waals surface area contributed by atoms with Gasteiger partial charge in [-0.25, -0.2) is 4.98 Å². The van der Waals surface area contributed by atoms with Crippen molar-refractivity contribution in [2.75, 3.05) is 39.3 Å². The highest BCUT2D eigenvalue weighted by Crippen LogP contribution is 2.23. The smallest absolute Gasteiger partial charge is 0.183 e. The zero-order chi connectivity index (χ0) is 11.7. The molecule has 3 heterocycles. The molecule has 0 spiro atoms. The molecule has 0 aliphatic carbocycles. The molecular formula is C11H17ClN4S. The molecule has 1 aromatic rings. The Balaban J connectivity index is 1.45. The molecule has 3 rings (SSSR count). The Kier molecular flexibility index (Phi) is 3.63. The van der Waals surface area contributed by atoms with Gasteiger partial charge in [-0.15, -0.1) is 11.3 Å². The van der Waals surface area contributed by atoms with Crippen LogP contribution in [-0.2, 0) is 6.54 Å². The first kappa shape index (κ1) is 11.9. The van der Waals surface area contributed by atoms with Gasteiger partial charge in [0.2, 0.25) is 0 Å². The minimum absolute atomic E-state index is 0.652. The summed E-state index contributed by atoms with van der Waals surface area (Å²) in [4.78, 5) is 10.4. The first-order valence-electron chi connectivity index (χ1n) is 6.08. The maximum absolute atomic E-state index is 5.83. The SMILES string of the molecule is Clc1ncc(CN2CC(N3CCNCC3)C2)s1. The van der Waals surface area contributed by atoms with Gasteiger partial charge in [0.05, 0.1) is 0 Å². The number of piperazine rings is 1. The number of hydrogen-bond acceptors (Lipinski definition) is 5. The molecule has 0 amide bonds. The van der Waals surface area contributed by atoms with Crippen molar-refractivity contribution in [2.24, 2.45) is 0 Å². The van der Waals surface area contributed by atoms with Crippen LogP contribution in [0.2, 0.25) is 4.47 Å². The summed E-state index contributed by atoms with van der Waals surface area (Å²) in [5, 5.41) is 3.40. The molecule has 4 nitrogen and oxygen atoms in total. The molecule has 17 heavy (non-hydrogen) atoms. The van der Waals surface area contributed by atoms with E-state index in [1.54, 1.807) is 11.3 Å². The van der Waals surface area contributed by atoms with Gasteiger partial charge >= 0.3 is 0 Å². The van der Waals surface area contributed by atoms with E-state index in [4.69, 9.17) is 11.6 Å². The Hall–Kier alpha value is -0.200. The topological polar surface area (TPSA) is 31.4 Å². The van der Waals surface area contributed by atoms with Crippen LogP contribution < -0.4 is 5.32 Å². The lowest BCUT2D eigenvalue weighted by Crippen LogP contribution is -2.62. The third-order valence-electron chi connectivity index (χ3n) is 3.51. The van der Waals surface area contributed by atoms with Crippen molar-refractivity contribution in [1.82, 2.24) is 20.1 Å². The van der Waals surface area contributed by atoms with Gasteiger partial charge in [-0.05, 0) is 0 Å².